The van der Waals surface area contributed by atoms with E-state index in [-0.39, 0.29) is 47.4 Å². The standard InChI is InChI=1S/C15H20F3N3O4.C10H12F3N3O2.C8H6F3NO3/c1-14(2,3)25-13(23)20-7-6-19-12(22)10-4-5-11(21-8-10)24-9-15(16,17)18;11-10(12,13)6-18-8-2-1-7(5-16-8)9(17)15-4-3-14;9-8(10,11)4-15-6-2-1-5(3-12-6)7(13)14/h4-5,8H,6-7,9H2,1-3H3,(H,19,22)(H,20,23);1-2,5H,3-4,6,14H2,(H,15,17);1-3H,4H2,(H,13,14). The lowest BCUT2D eigenvalue weighted by Crippen LogP contribution is -2.37. The van der Waals surface area contributed by atoms with Crippen molar-refractivity contribution in [3.05, 3.63) is 71.7 Å². The van der Waals surface area contributed by atoms with E-state index in [0.717, 1.165) is 30.7 Å². The van der Waals surface area contributed by atoms with Crippen molar-refractivity contribution in [2.45, 2.75) is 44.9 Å². The van der Waals surface area contributed by atoms with Gasteiger partial charge in [-0.3, -0.25) is 9.59 Å². The molecule has 6 N–H and O–H groups in total. The number of carbonyl (C=O) groups is 4. The van der Waals surface area contributed by atoms with Crippen molar-refractivity contribution >= 4 is 23.9 Å². The van der Waals surface area contributed by atoms with E-state index in [4.69, 9.17) is 15.6 Å². The van der Waals surface area contributed by atoms with Gasteiger partial charge < -0.3 is 45.7 Å². The molecule has 0 fully saturated rings. The van der Waals surface area contributed by atoms with Gasteiger partial charge in [0.1, 0.15) is 5.60 Å². The van der Waals surface area contributed by atoms with Gasteiger partial charge in [0.05, 0.1) is 16.7 Å². The van der Waals surface area contributed by atoms with E-state index in [2.05, 4.69) is 45.1 Å². The van der Waals surface area contributed by atoms with Crippen molar-refractivity contribution in [2.24, 2.45) is 5.73 Å². The van der Waals surface area contributed by atoms with E-state index in [1.165, 1.54) is 24.3 Å². The first-order valence-electron chi connectivity index (χ1n) is 16.2. The van der Waals surface area contributed by atoms with Gasteiger partial charge >= 0.3 is 30.6 Å². The highest BCUT2D eigenvalue weighted by atomic mass is 19.4. The minimum Gasteiger partial charge on any atom is -0.478 e. The summed E-state index contributed by atoms with van der Waals surface area (Å²) in [5, 5.41) is 16.0. The molecule has 0 bridgehead atoms. The van der Waals surface area contributed by atoms with Crippen LogP contribution in [0.1, 0.15) is 51.8 Å². The number of carboxylic acids is 1. The number of hydrogen-bond acceptors (Lipinski definition) is 12. The van der Waals surface area contributed by atoms with Crippen LogP contribution in [0, 0.1) is 0 Å². The zero-order chi connectivity index (χ0) is 44.2. The van der Waals surface area contributed by atoms with Crippen LogP contribution in [0.2, 0.25) is 0 Å². The van der Waals surface area contributed by atoms with E-state index in [9.17, 15) is 58.7 Å². The summed E-state index contributed by atoms with van der Waals surface area (Å²) < 4.78 is 125. The Kier molecular flexibility index (Phi) is 19.9. The number of nitrogens with zero attached hydrogens (tertiary/aromatic N) is 3. The Labute approximate surface area is 323 Å². The largest absolute Gasteiger partial charge is 0.478 e. The molecule has 25 heteroatoms. The molecule has 58 heavy (non-hydrogen) atoms. The topological polar surface area (TPSA) is 226 Å². The lowest BCUT2D eigenvalue weighted by atomic mass is 10.2. The Morgan fingerprint density at radius 2 is 0.931 bits per heavy atom. The van der Waals surface area contributed by atoms with E-state index >= 15 is 0 Å². The number of nitrogens with two attached hydrogens (primary N) is 1. The van der Waals surface area contributed by atoms with Crippen LogP contribution in [0.5, 0.6) is 17.6 Å². The Morgan fingerprint density at radius 1 is 0.586 bits per heavy atom. The molecular weight excluding hydrogens is 809 g/mol. The van der Waals surface area contributed by atoms with Gasteiger partial charge in [-0.1, -0.05) is 0 Å². The number of amides is 3. The molecule has 0 atom stereocenters. The predicted octanol–water partition coefficient (Wildman–Crippen LogP) is 4.71. The number of carboxylic acid groups (broad SMARTS) is 1. The number of aromatic nitrogens is 3. The monoisotopic (exact) mass is 847 g/mol. The van der Waals surface area contributed by atoms with Crippen molar-refractivity contribution in [3.8, 4) is 17.6 Å². The Balaban J connectivity index is 0.000000451. The number of alkyl carbamates (subject to hydrolysis) is 1. The summed E-state index contributed by atoms with van der Waals surface area (Å²) in [5.41, 5.74) is 4.84. The number of rotatable bonds is 14. The van der Waals surface area contributed by atoms with Gasteiger partial charge in [-0.05, 0) is 39.0 Å². The molecule has 3 heterocycles. The zero-order valence-corrected chi connectivity index (χ0v) is 30.7. The van der Waals surface area contributed by atoms with Crippen LogP contribution in [0.15, 0.2) is 55.0 Å². The minimum atomic E-state index is -4.46. The number of hydrogen-bond donors (Lipinski definition) is 5. The lowest BCUT2D eigenvalue weighted by molar-refractivity contribution is -0.154. The SMILES string of the molecule is CC(C)(C)OC(=O)NCCNC(=O)c1ccc(OCC(F)(F)F)nc1.NCCNC(=O)c1ccc(OCC(F)(F)F)nc1.O=C(O)c1ccc(OCC(F)(F)F)nc1. The van der Waals surface area contributed by atoms with Gasteiger partial charge in [0.2, 0.25) is 17.6 Å². The molecule has 322 valence electrons. The van der Waals surface area contributed by atoms with Crippen LogP contribution in [-0.4, -0.2) is 114 Å². The molecule has 0 saturated heterocycles. The van der Waals surface area contributed by atoms with E-state index < -0.39 is 67.8 Å². The Bertz CT molecular complexity index is 1720. The molecule has 0 unspecified atom stereocenters. The zero-order valence-electron chi connectivity index (χ0n) is 30.7. The highest BCUT2D eigenvalue weighted by Crippen LogP contribution is 2.19. The van der Waals surface area contributed by atoms with Crippen LogP contribution in [-0.2, 0) is 4.74 Å². The third kappa shape index (κ3) is 24.4. The summed E-state index contributed by atoms with van der Waals surface area (Å²) >= 11 is 0. The van der Waals surface area contributed by atoms with Crippen LogP contribution in [0.25, 0.3) is 0 Å². The smallest absolute Gasteiger partial charge is 0.422 e. The molecule has 3 aromatic heterocycles. The number of halogens is 9. The fourth-order valence-electron chi connectivity index (χ4n) is 3.30. The average molecular weight is 848 g/mol. The van der Waals surface area contributed by atoms with Crippen LogP contribution in [0.4, 0.5) is 44.3 Å². The second-order valence-electron chi connectivity index (χ2n) is 11.9. The molecule has 0 aromatic carbocycles. The first-order valence-corrected chi connectivity index (χ1v) is 16.2. The summed E-state index contributed by atoms with van der Waals surface area (Å²) in [6, 6.07) is 7.15. The highest BCUT2D eigenvalue weighted by molar-refractivity contribution is 5.94. The Morgan fingerprint density at radius 3 is 1.22 bits per heavy atom. The van der Waals surface area contributed by atoms with Crippen LogP contribution in [0.3, 0.4) is 0 Å². The highest BCUT2D eigenvalue weighted by Gasteiger charge is 2.30. The van der Waals surface area contributed by atoms with Crippen molar-refractivity contribution in [1.29, 1.82) is 0 Å². The summed E-state index contributed by atoms with van der Waals surface area (Å²) in [5.74, 6) is -2.78. The van der Waals surface area contributed by atoms with Crippen molar-refractivity contribution in [3.63, 3.8) is 0 Å². The van der Waals surface area contributed by atoms with E-state index in [1.807, 2.05) is 0 Å². The first kappa shape index (κ1) is 49.9. The predicted molar refractivity (Wildman–Crippen MR) is 182 cm³/mol. The average Bonchev–Trinajstić information content (AvgIpc) is 3.12. The van der Waals surface area contributed by atoms with Gasteiger partial charge in [0, 0.05) is 63.0 Å². The molecule has 0 radical (unpaired) electrons. The second kappa shape index (κ2) is 23.2. The molecular formula is C33H38F9N7O9. The molecule has 0 aliphatic heterocycles. The summed E-state index contributed by atoms with van der Waals surface area (Å²) in [6.45, 7) is 1.76. The number of nitrogens with one attached hydrogen (secondary N) is 3. The molecule has 0 aliphatic rings. The summed E-state index contributed by atoms with van der Waals surface area (Å²) in [6.07, 6.45) is -10.8. The number of carbonyl (C=O) groups excluding carboxylic acids is 3. The minimum absolute atomic E-state index is 0.116. The molecule has 3 rings (SSSR count). The summed E-state index contributed by atoms with van der Waals surface area (Å²) in [4.78, 5) is 55.6. The lowest BCUT2D eigenvalue weighted by Gasteiger charge is -2.19. The maximum absolute atomic E-state index is 12.0. The van der Waals surface area contributed by atoms with Crippen LogP contribution < -0.4 is 35.9 Å². The summed E-state index contributed by atoms with van der Waals surface area (Å²) in [7, 11) is 0. The van der Waals surface area contributed by atoms with Crippen LogP contribution >= 0.6 is 0 Å². The van der Waals surface area contributed by atoms with Gasteiger partial charge in [0.15, 0.2) is 19.8 Å². The fraction of sp³-hybridized carbons (Fsp3) is 0.424. The number of ether oxygens (including phenoxy) is 4. The Hall–Kier alpha value is -6.14. The number of aromatic carboxylic acids is 1. The number of pyridine rings is 3. The molecule has 0 aliphatic carbocycles. The van der Waals surface area contributed by atoms with Gasteiger partial charge in [0.25, 0.3) is 11.8 Å². The van der Waals surface area contributed by atoms with Gasteiger partial charge in [-0.15, -0.1) is 0 Å². The first-order chi connectivity index (χ1) is 26.8. The molecule has 16 nitrogen and oxygen atoms in total. The van der Waals surface area contributed by atoms with Gasteiger partial charge in [-0.2, -0.15) is 39.5 Å². The molecule has 0 saturated carbocycles. The normalized spacial score (nSPS) is 11.3. The van der Waals surface area contributed by atoms with Crippen molar-refractivity contribution < 1.29 is 82.7 Å². The maximum atomic E-state index is 12.0. The number of alkyl halides is 9. The van der Waals surface area contributed by atoms with Crippen molar-refractivity contribution in [1.82, 2.24) is 30.9 Å². The molecule has 0 spiro atoms. The quantitative estimate of drug-likeness (QED) is 0.110. The van der Waals surface area contributed by atoms with Crippen molar-refractivity contribution in [2.75, 3.05) is 46.0 Å². The van der Waals surface area contributed by atoms with E-state index in [1.54, 1.807) is 20.8 Å². The third-order valence-electron chi connectivity index (χ3n) is 5.64. The molecule has 3 amide bonds. The molecule has 3 aromatic rings. The second-order valence-corrected chi connectivity index (χ2v) is 11.9. The fourth-order valence-corrected chi connectivity index (χ4v) is 3.30. The third-order valence-corrected chi connectivity index (χ3v) is 5.64. The van der Waals surface area contributed by atoms with E-state index in [0.29, 0.717) is 13.1 Å². The maximum Gasteiger partial charge on any atom is 0.422 e. The van der Waals surface area contributed by atoms with Gasteiger partial charge in [-0.25, -0.2) is 24.5 Å².